The monoisotopic (exact) mass is 279 g/mol. The second-order valence-electron chi connectivity index (χ2n) is 5.40. The van der Waals surface area contributed by atoms with E-state index in [-0.39, 0.29) is 0 Å². The van der Waals surface area contributed by atoms with Crippen molar-refractivity contribution in [3.05, 3.63) is 30.1 Å². The van der Waals surface area contributed by atoms with Crippen molar-refractivity contribution >= 4 is 7.25 Å². The zero-order valence-electron chi connectivity index (χ0n) is 11.9. The van der Waals surface area contributed by atoms with Crippen LogP contribution in [0.25, 0.3) is 0 Å². The topological polar surface area (TPSA) is 3.88 Å². The molecule has 0 aliphatic carbocycles. The maximum Gasteiger partial charge on any atom is 0.673 e. The summed E-state index contributed by atoms with van der Waals surface area (Å²) in [7, 11) is -6.00. The lowest BCUT2D eigenvalue weighted by molar-refractivity contribution is -0.702. The minimum Gasteiger partial charge on any atom is -0.418 e. The fourth-order valence-electron chi connectivity index (χ4n) is 1.70. The summed E-state index contributed by atoms with van der Waals surface area (Å²) in [5, 5.41) is 0. The highest BCUT2D eigenvalue weighted by Crippen LogP contribution is 2.06. The Hall–Kier alpha value is -1.07. The summed E-state index contributed by atoms with van der Waals surface area (Å²) in [5.74, 6) is 1.46. The van der Waals surface area contributed by atoms with Gasteiger partial charge in [-0.15, -0.1) is 0 Å². The third-order valence-corrected chi connectivity index (χ3v) is 2.14. The van der Waals surface area contributed by atoms with Crippen LogP contribution in [0.5, 0.6) is 0 Å². The van der Waals surface area contributed by atoms with Gasteiger partial charge in [0.1, 0.15) is 0 Å². The van der Waals surface area contributed by atoms with E-state index in [0.29, 0.717) is 5.92 Å². The lowest BCUT2D eigenvalue weighted by atomic mass is 10.0. The molecule has 1 heterocycles. The van der Waals surface area contributed by atoms with Crippen molar-refractivity contribution < 1.29 is 21.8 Å². The van der Waals surface area contributed by atoms with Crippen LogP contribution in [0.15, 0.2) is 24.5 Å². The Morgan fingerprint density at radius 1 is 1.05 bits per heavy atom. The lowest BCUT2D eigenvalue weighted by Crippen LogP contribution is -2.35. The average Bonchev–Trinajstić information content (AvgIpc) is 2.12. The Balaban J connectivity index is 0.000000555. The van der Waals surface area contributed by atoms with Gasteiger partial charge in [-0.3, -0.25) is 0 Å². The molecule has 0 N–H and O–H groups in total. The van der Waals surface area contributed by atoms with E-state index in [9.17, 15) is 17.3 Å². The van der Waals surface area contributed by atoms with E-state index in [1.165, 1.54) is 12.0 Å². The summed E-state index contributed by atoms with van der Waals surface area (Å²) in [5.41, 5.74) is 1.45. The van der Waals surface area contributed by atoms with Gasteiger partial charge in [-0.1, -0.05) is 27.7 Å². The van der Waals surface area contributed by atoms with Gasteiger partial charge in [0.25, 0.3) is 0 Å². The van der Waals surface area contributed by atoms with Crippen LogP contribution in [-0.2, 0) is 13.0 Å². The molecular formula is C13H22BF4N. The minimum atomic E-state index is -6.00. The molecule has 0 fully saturated rings. The van der Waals surface area contributed by atoms with Crippen molar-refractivity contribution in [2.24, 2.45) is 11.8 Å². The van der Waals surface area contributed by atoms with Crippen LogP contribution in [0.1, 0.15) is 33.3 Å². The molecule has 1 aromatic rings. The lowest BCUT2D eigenvalue weighted by Gasteiger charge is -2.04. The van der Waals surface area contributed by atoms with E-state index in [1.54, 1.807) is 0 Å². The molecule has 0 saturated heterocycles. The molecule has 0 aliphatic rings. The third-order valence-electron chi connectivity index (χ3n) is 2.14. The van der Waals surface area contributed by atoms with Crippen molar-refractivity contribution in [3.63, 3.8) is 0 Å². The normalized spacial score (nSPS) is 11.5. The second kappa shape index (κ2) is 8.18. The number of nitrogens with zero attached hydrogens (tertiary/aromatic N) is 1. The van der Waals surface area contributed by atoms with Crippen molar-refractivity contribution in [2.75, 3.05) is 0 Å². The highest BCUT2D eigenvalue weighted by molar-refractivity contribution is 6.50. The average molecular weight is 279 g/mol. The fraction of sp³-hybridized carbons (Fsp3) is 0.615. The quantitative estimate of drug-likeness (QED) is 0.443. The molecule has 0 radical (unpaired) electrons. The van der Waals surface area contributed by atoms with Gasteiger partial charge in [-0.05, 0) is 18.4 Å². The van der Waals surface area contributed by atoms with Gasteiger partial charge in [0.2, 0.25) is 0 Å². The summed E-state index contributed by atoms with van der Waals surface area (Å²) >= 11 is 0. The number of hydrogen-bond acceptors (Lipinski definition) is 0. The number of pyridine rings is 1. The molecule has 1 nitrogen and oxygen atoms in total. The van der Waals surface area contributed by atoms with Gasteiger partial charge in [-0.25, -0.2) is 4.57 Å². The predicted octanol–water partition coefficient (Wildman–Crippen LogP) is 4.13. The van der Waals surface area contributed by atoms with Gasteiger partial charge in [0, 0.05) is 17.5 Å². The summed E-state index contributed by atoms with van der Waals surface area (Å²) in [4.78, 5) is 0. The molecule has 0 spiro atoms. The van der Waals surface area contributed by atoms with E-state index in [1.807, 2.05) is 0 Å². The van der Waals surface area contributed by atoms with E-state index < -0.39 is 7.25 Å². The maximum atomic E-state index is 9.75. The summed E-state index contributed by atoms with van der Waals surface area (Å²) < 4.78 is 41.3. The third kappa shape index (κ3) is 13.2. The van der Waals surface area contributed by atoms with Crippen LogP contribution >= 0.6 is 0 Å². The van der Waals surface area contributed by atoms with Crippen molar-refractivity contribution in [1.29, 1.82) is 0 Å². The first-order chi connectivity index (χ1) is 8.58. The molecular weight excluding hydrogens is 257 g/mol. The minimum absolute atomic E-state index is 0.717. The zero-order chi connectivity index (χ0) is 15.1. The first-order valence-corrected chi connectivity index (χ1v) is 6.43. The molecule has 19 heavy (non-hydrogen) atoms. The molecule has 110 valence electrons. The molecule has 6 heteroatoms. The Kier molecular flexibility index (Phi) is 7.72. The SMILES string of the molecule is CC(C)Cc1ccc[n+](CC(C)C)c1.F[B-](F)(F)F. The van der Waals surface area contributed by atoms with Crippen LogP contribution in [-0.4, -0.2) is 7.25 Å². The maximum absolute atomic E-state index is 9.75. The number of halogens is 4. The number of rotatable bonds is 4. The van der Waals surface area contributed by atoms with Gasteiger partial charge >= 0.3 is 7.25 Å². The van der Waals surface area contributed by atoms with E-state index in [4.69, 9.17) is 0 Å². The van der Waals surface area contributed by atoms with Gasteiger partial charge in [0.05, 0.1) is 0 Å². The molecule has 1 aromatic heterocycles. The number of aromatic nitrogens is 1. The Bertz CT molecular complexity index is 333. The molecule has 1 rings (SSSR count). The van der Waals surface area contributed by atoms with Gasteiger partial charge < -0.3 is 17.3 Å². The van der Waals surface area contributed by atoms with Crippen molar-refractivity contribution in [3.8, 4) is 0 Å². The van der Waals surface area contributed by atoms with Crippen LogP contribution in [0, 0.1) is 11.8 Å². The van der Waals surface area contributed by atoms with E-state index in [2.05, 4.69) is 56.8 Å². The fourth-order valence-corrected chi connectivity index (χ4v) is 1.70. The summed E-state index contributed by atoms with van der Waals surface area (Å²) in [6.07, 6.45) is 5.61. The van der Waals surface area contributed by atoms with Crippen molar-refractivity contribution in [1.82, 2.24) is 0 Å². The van der Waals surface area contributed by atoms with Crippen LogP contribution < -0.4 is 4.57 Å². The summed E-state index contributed by atoms with van der Waals surface area (Å²) in [6.45, 7) is 10.1. The number of hydrogen-bond donors (Lipinski definition) is 0. The van der Waals surface area contributed by atoms with Gasteiger partial charge in [0.15, 0.2) is 18.9 Å². The molecule has 0 bridgehead atoms. The predicted molar refractivity (Wildman–Crippen MR) is 70.2 cm³/mol. The molecule has 0 atom stereocenters. The van der Waals surface area contributed by atoms with Crippen molar-refractivity contribution in [2.45, 2.75) is 40.7 Å². The highest BCUT2D eigenvalue weighted by atomic mass is 19.5. The van der Waals surface area contributed by atoms with Gasteiger partial charge in [-0.2, -0.15) is 0 Å². The standard InChI is InChI=1S/C13H22N.BF4/c1-11(2)8-13-6-5-7-14(10-13)9-12(3)4;2-1(3,4)5/h5-7,10-12H,8-9H2,1-4H3;/q+1;-1. The molecule has 0 aromatic carbocycles. The first kappa shape index (κ1) is 17.9. The molecule has 0 aliphatic heterocycles. The molecule has 0 saturated carbocycles. The smallest absolute Gasteiger partial charge is 0.418 e. The summed E-state index contributed by atoms with van der Waals surface area (Å²) in [6, 6.07) is 4.37. The molecule has 0 amide bonds. The first-order valence-electron chi connectivity index (χ1n) is 6.43. The van der Waals surface area contributed by atoms with E-state index in [0.717, 1.165) is 12.5 Å². The Labute approximate surface area is 112 Å². The second-order valence-corrected chi connectivity index (χ2v) is 5.40. The largest absolute Gasteiger partial charge is 0.673 e. The van der Waals surface area contributed by atoms with Crippen LogP contribution in [0.3, 0.4) is 0 Å². The molecule has 0 unspecified atom stereocenters. The van der Waals surface area contributed by atoms with Crippen LogP contribution in [0.2, 0.25) is 0 Å². The highest BCUT2D eigenvalue weighted by Gasteiger charge is 2.20. The Morgan fingerprint density at radius 3 is 2.00 bits per heavy atom. The zero-order valence-corrected chi connectivity index (χ0v) is 11.9. The van der Waals surface area contributed by atoms with Crippen LogP contribution in [0.4, 0.5) is 17.3 Å². The van der Waals surface area contributed by atoms with E-state index >= 15 is 0 Å². The Morgan fingerprint density at radius 2 is 1.58 bits per heavy atom.